The molecule has 1 aromatic carbocycles. The van der Waals surface area contributed by atoms with E-state index >= 15 is 0 Å². The highest BCUT2D eigenvalue weighted by molar-refractivity contribution is 6.04. The number of ether oxygens (including phenoxy) is 2. The second-order valence-corrected chi connectivity index (χ2v) is 6.59. The van der Waals surface area contributed by atoms with Gasteiger partial charge in [-0.15, -0.1) is 0 Å². The average Bonchev–Trinajstić information content (AvgIpc) is 3.00. The number of nitrogens with one attached hydrogen (secondary N) is 1. The summed E-state index contributed by atoms with van der Waals surface area (Å²) in [4.78, 5) is 50.1. The van der Waals surface area contributed by atoms with E-state index in [2.05, 4.69) is 5.32 Å². The monoisotopic (exact) mass is 404 g/mol. The van der Waals surface area contributed by atoms with Gasteiger partial charge in [-0.2, -0.15) is 0 Å². The standard InChI is InChI=1S/C17H16N4O8/c18-16(26)28-5-9-10(15(24)25)21-11-12(14(21)23)20(6-29-13(9)11)17(27)19-7-1-3-8(22)4-2-7/h1-4,11-13,22H,5-6H2,(H2,18,26)(H,19,27)(H,24,25)/t11-,12-,13?/m0/s1. The minimum Gasteiger partial charge on any atom is -0.508 e. The first-order valence-electron chi connectivity index (χ1n) is 8.49. The van der Waals surface area contributed by atoms with E-state index in [0.29, 0.717) is 5.69 Å². The molecule has 2 fully saturated rings. The molecular formula is C17H16N4O8. The van der Waals surface area contributed by atoms with Crippen LogP contribution in [0.15, 0.2) is 35.5 Å². The lowest BCUT2D eigenvalue weighted by Crippen LogP contribution is -2.75. The number of carbonyl (C=O) groups is 4. The Morgan fingerprint density at radius 2 is 1.97 bits per heavy atom. The van der Waals surface area contributed by atoms with Gasteiger partial charge in [0.1, 0.15) is 36.9 Å². The van der Waals surface area contributed by atoms with Crippen molar-refractivity contribution in [2.75, 3.05) is 18.7 Å². The maximum absolute atomic E-state index is 12.6. The van der Waals surface area contributed by atoms with Crippen molar-refractivity contribution in [2.45, 2.75) is 18.2 Å². The van der Waals surface area contributed by atoms with E-state index in [1.165, 1.54) is 24.3 Å². The second kappa shape index (κ2) is 6.67. The lowest BCUT2D eigenvalue weighted by atomic mass is 9.89. The summed E-state index contributed by atoms with van der Waals surface area (Å²) in [6, 6.07) is 3.46. The fourth-order valence-electron chi connectivity index (χ4n) is 3.77. The summed E-state index contributed by atoms with van der Waals surface area (Å²) in [5, 5.41) is 21.4. The molecule has 1 unspecified atom stereocenters. The van der Waals surface area contributed by atoms with Crippen molar-refractivity contribution in [3.8, 4) is 5.75 Å². The molecule has 4 rings (SSSR count). The number of nitrogens with zero attached hydrogens (tertiary/aromatic N) is 2. The van der Waals surface area contributed by atoms with Crippen molar-refractivity contribution in [3.63, 3.8) is 0 Å². The molecule has 4 amide bonds. The summed E-state index contributed by atoms with van der Waals surface area (Å²) in [6.07, 6.45) is -1.93. The summed E-state index contributed by atoms with van der Waals surface area (Å²) in [7, 11) is 0. The van der Waals surface area contributed by atoms with Crippen LogP contribution in [0.4, 0.5) is 15.3 Å². The quantitative estimate of drug-likeness (QED) is 0.388. The molecule has 3 atom stereocenters. The SMILES string of the molecule is NC(=O)OCC1=C(C(=O)O)N2C(=O)[C@@H]3[C@H]2C1OCN3C(=O)Nc1ccc(O)cc1. The number of benzene rings is 1. The Labute approximate surface area is 163 Å². The third-order valence-corrected chi connectivity index (χ3v) is 4.99. The van der Waals surface area contributed by atoms with Gasteiger partial charge in [-0.05, 0) is 24.3 Å². The number of amides is 4. The molecule has 0 aliphatic carbocycles. The molecule has 3 heterocycles. The summed E-state index contributed by atoms with van der Waals surface area (Å²) in [5.74, 6) is -1.92. The number of aromatic hydroxyl groups is 1. The van der Waals surface area contributed by atoms with Crippen LogP contribution in [0.3, 0.4) is 0 Å². The molecule has 2 saturated heterocycles. The zero-order valence-corrected chi connectivity index (χ0v) is 14.8. The number of β-lactam (4-membered cyclic amide) rings is 1. The Balaban J connectivity index is 1.55. The molecule has 12 nitrogen and oxygen atoms in total. The number of carboxylic acid groups (broad SMARTS) is 1. The topological polar surface area (TPSA) is 172 Å². The molecule has 29 heavy (non-hydrogen) atoms. The molecule has 5 N–H and O–H groups in total. The van der Waals surface area contributed by atoms with Crippen LogP contribution >= 0.6 is 0 Å². The summed E-state index contributed by atoms with van der Waals surface area (Å²) < 4.78 is 10.4. The predicted octanol–water partition coefficient (Wildman–Crippen LogP) is -0.391. The van der Waals surface area contributed by atoms with Crippen LogP contribution < -0.4 is 11.1 Å². The molecule has 3 aliphatic rings. The van der Waals surface area contributed by atoms with Crippen molar-refractivity contribution in [1.82, 2.24) is 9.80 Å². The molecule has 0 saturated carbocycles. The molecule has 0 aromatic heterocycles. The number of carbonyl (C=O) groups excluding carboxylic acids is 3. The number of rotatable bonds is 4. The van der Waals surface area contributed by atoms with Gasteiger partial charge in [0.15, 0.2) is 0 Å². The fraction of sp³-hybridized carbons (Fsp3) is 0.294. The number of primary amides is 1. The van der Waals surface area contributed by atoms with Gasteiger partial charge in [0.2, 0.25) is 0 Å². The fourth-order valence-corrected chi connectivity index (χ4v) is 3.77. The summed E-state index contributed by atoms with van der Waals surface area (Å²) in [5.41, 5.74) is 5.12. The van der Waals surface area contributed by atoms with Crippen LogP contribution in [-0.2, 0) is 19.1 Å². The molecule has 0 bridgehead atoms. The highest BCUT2D eigenvalue weighted by atomic mass is 16.6. The zero-order chi connectivity index (χ0) is 20.9. The number of phenols is 1. The number of hydrogen-bond acceptors (Lipinski definition) is 7. The molecular weight excluding hydrogens is 388 g/mol. The third kappa shape index (κ3) is 2.89. The predicted molar refractivity (Wildman–Crippen MR) is 93.3 cm³/mol. The number of anilines is 1. The van der Waals surface area contributed by atoms with Crippen molar-refractivity contribution < 1.29 is 38.9 Å². The molecule has 12 heteroatoms. The van der Waals surface area contributed by atoms with Gasteiger partial charge in [-0.1, -0.05) is 0 Å². The highest BCUT2D eigenvalue weighted by Crippen LogP contribution is 2.45. The van der Waals surface area contributed by atoms with Crippen molar-refractivity contribution >= 4 is 29.7 Å². The first-order valence-corrected chi connectivity index (χ1v) is 8.49. The van der Waals surface area contributed by atoms with Crippen LogP contribution in [0.1, 0.15) is 0 Å². The highest BCUT2D eigenvalue weighted by Gasteiger charge is 2.65. The normalized spacial score (nSPS) is 24.7. The van der Waals surface area contributed by atoms with Crippen LogP contribution in [0.2, 0.25) is 0 Å². The van der Waals surface area contributed by atoms with Gasteiger partial charge < -0.3 is 30.7 Å². The van der Waals surface area contributed by atoms with E-state index < -0.39 is 48.8 Å². The van der Waals surface area contributed by atoms with Gasteiger partial charge >= 0.3 is 18.1 Å². The van der Waals surface area contributed by atoms with E-state index in [1.54, 1.807) is 0 Å². The molecule has 3 aliphatic heterocycles. The Bertz CT molecular complexity index is 943. The van der Waals surface area contributed by atoms with E-state index in [0.717, 1.165) is 9.80 Å². The molecule has 152 valence electrons. The van der Waals surface area contributed by atoms with Gasteiger partial charge in [0.05, 0.1) is 6.04 Å². The largest absolute Gasteiger partial charge is 0.508 e. The summed E-state index contributed by atoms with van der Waals surface area (Å²) in [6.45, 7) is -0.712. The van der Waals surface area contributed by atoms with Gasteiger partial charge in [0.25, 0.3) is 5.91 Å². The Kier molecular flexibility index (Phi) is 4.27. The Morgan fingerprint density at radius 1 is 1.28 bits per heavy atom. The summed E-state index contributed by atoms with van der Waals surface area (Å²) >= 11 is 0. The minimum absolute atomic E-state index is 0.0286. The average molecular weight is 404 g/mol. The number of phenolic OH excluding ortho intramolecular Hbond substituents is 1. The smallest absolute Gasteiger partial charge is 0.404 e. The maximum Gasteiger partial charge on any atom is 0.404 e. The zero-order valence-electron chi connectivity index (χ0n) is 14.8. The molecule has 0 spiro atoms. The lowest BCUT2D eigenvalue weighted by Gasteiger charge is -2.52. The number of urea groups is 1. The van der Waals surface area contributed by atoms with E-state index in [4.69, 9.17) is 15.2 Å². The first kappa shape index (κ1) is 18.6. The third-order valence-electron chi connectivity index (χ3n) is 4.99. The van der Waals surface area contributed by atoms with E-state index in [-0.39, 0.29) is 23.8 Å². The lowest BCUT2D eigenvalue weighted by molar-refractivity contribution is -0.179. The maximum atomic E-state index is 12.6. The second-order valence-electron chi connectivity index (χ2n) is 6.59. The van der Waals surface area contributed by atoms with E-state index in [1.807, 2.05) is 0 Å². The van der Waals surface area contributed by atoms with Crippen LogP contribution in [0, 0.1) is 0 Å². The first-order chi connectivity index (χ1) is 13.8. The number of nitrogens with two attached hydrogens (primary N) is 1. The molecule has 0 radical (unpaired) electrons. The van der Waals surface area contributed by atoms with Crippen LogP contribution in [-0.4, -0.2) is 75.5 Å². The Morgan fingerprint density at radius 3 is 2.59 bits per heavy atom. The van der Waals surface area contributed by atoms with Gasteiger partial charge in [-0.25, -0.2) is 14.4 Å². The number of carboxylic acids is 1. The van der Waals surface area contributed by atoms with Crippen molar-refractivity contribution in [2.24, 2.45) is 5.73 Å². The van der Waals surface area contributed by atoms with Crippen LogP contribution in [0.25, 0.3) is 0 Å². The van der Waals surface area contributed by atoms with Crippen molar-refractivity contribution in [3.05, 3.63) is 35.5 Å². The van der Waals surface area contributed by atoms with E-state index in [9.17, 15) is 29.4 Å². The number of aliphatic carboxylic acids is 1. The van der Waals surface area contributed by atoms with Crippen molar-refractivity contribution in [1.29, 1.82) is 0 Å². The van der Waals surface area contributed by atoms with Gasteiger partial charge in [0, 0.05) is 11.3 Å². The van der Waals surface area contributed by atoms with Crippen LogP contribution in [0.5, 0.6) is 5.75 Å². The Hall–Kier alpha value is -3.80. The number of hydrogen-bond donors (Lipinski definition) is 4. The van der Waals surface area contributed by atoms with Gasteiger partial charge in [-0.3, -0.25) is 14.6 Å². The molecule has 1 aromatic rings. The minimum atomic E-state index is -1.38.